The minimum atomic E-state index is -0.322. The van der Waals surface area contributed by atoms with E-state index in [1.54, 1.807) is 0 Å². The van der Waals surface area contributed by atoms with Crippen LogP contribution in [-0.2, 0) is 9.47 Å². The summed E-state index contributed by atoms with van der Waals surface area (Å²) >= 11 is 0. The molecular formula is C24H43N5O5. The maximum atomic E-state index is 13.4. The van der Waals surface area contributed by atoms with E-state index in [1.807, 2.05) is 30.6 Å². The molecule has 4 aliphatic rings. The topological polar surface area (TPSA) is 107 Å². The van der Waals surface area contributed by atoms with Crippen molar-refractivity contribution in [1.82, 2.24) is 25.6 Å². The van der Waals surface area contributed by atoms with Gasteiger partial charge in [-0.2, -0.15) is 0 Å². The fourth-order valence-electron chi connectivity index (χ4n) is 6.30. The first-order chi connectivity index (χ1) is 16.2. The highest BCUT2D eigenvalue weighted by molar-refractivity contribution is 5.72. The number of fused-ring (bicyclic) bond motifs is 1. The van der Waals surface area contributed by atoms with E-state index in [0.29, 0.717) is 24.9 Å². The van der Waals surface area contributed by atoms with Gasteiger partial charge in [0.1, 0.15) is 6.10 Å². The van der Waals surface area contributed by atoms with E-state index in [2.05, 4.69) is 15.8 Å². The van der Waals surface area contributed by atoms with Crippen LogP contribution in [0, 0.1) is 11.8 Å². The lowest BCUT2D eigenvalue weighted by Gasteiger charge is -2.53. The zero-order chi connectivity index (χ0) is 24.5. The number of nitrogens with one attached hydrogen (secondary N) is 2. The summed E-state index contributed by atoms with van der Waals surface area (Å²) in [7, 11) is 1.42. The number of aliphatic hydroxyl groups is 1. The number of aliphatic hydroxyl groups excluding tert-OH is 1. The van der Waals surface area contributed by atoms with Crippen molar-refractivity contribution >= 4 is 12.2 Å². The minimum Gasteiger partial charge on any atom is -0.453 e. The van der Waals surface area contributed by atoms with Gasteiger partial charge < -0.3 is 24.8 Å². The third-order valence-electron chi connectivity index (χ3n) is 8.40. The highest BCUT2D eigenvalue weighted by Crippen LogP contribution is 2.40. The van der Waals surface area contributed by atoms with Crippen LogP contribution in [0.1, 0.15) is 52.9 Å². The van der Waals surface area contributed by atoms with Gasteiger partial charge in [0.15, 0.2) is 0 Å². The van der Waals surface area contributed by atoms with Crippen LogP contribution >= 0.6 is 0 Å². The van der Waals surface area contributed by atoms with Crippen molar-refractivity contribution in [3.8, 4) is 0 Å². The molecule has 0 aromatic carbocycles. The molecule has 0 aromatic heterocycles. The minimum absolute atomic E-state index is 0.0659. The van der Waals surface area contributed by atoms with Crippen molar-refractivity contribution in [3.05, 3.63) is 0 Å². The summed E-state index contributed by atoms with van der Waals surface area (Å²) in [4.78, 5) is 29.8. The van der Waals surface area contributed by atoms with Crippen molar-refractivity contribution in [2.45, 2.75) is 82.6 Å². The second kappa shape index (κ2) is 10.6. The van der Waals surface area contributed by atoms with Gasteiger partial charge in [0, 0.05) is 26.2 Å². The molecule has 10 heteroatoms. The molecule has 5 unspecified atom stereocenters. The van der Waals surface area contributed by atoms with E-state index in [9.17, 15) is 14.7 Å². The maximum absolute atomic E-state index is 13.4. The Hall–Kier alpha value is -1.62. The number of piperidine rings is 1. The molecule has 0 spiro atoms. The Bertz CT molecular complexity index is 731. The van der Waals surface area contributed by atoms with Gasteiger partial charge in [0.05, 0.1) is 37.4 Å². The van der Waals surface area contributed by atoms with Gasteiger partial charge >= 0.3 is 12.2 Å². The number of hydrogen-bond donors (Lipinski definition) is 3. The lowest BCUT2D eigenvalue weighted by molar-refractivity contribution is -0.0485. The van der Waals surface area contributed by atoms with Crippen LogP contribution in [0.5, 0.6) is 0 Å². The van der Waals surface area contributed by atoms with Crippen LogP contribution in [0.25, 0.3) is 0 Å². The van der Waals surface area contributed by atoms with Crippen LogP contribution in [0.4, 0.5) is 9.59 Å². The first-order valence-corrected chi connectivity index (χ1v) is 12.9. The Morgan fingerprint density at radius 2 is 1.85 bits per heavy atom. The number of rotatable bonds is 4. The molecule has 34 heavy (non-hydrogen) atoms. The van der Waals surface area contributed by atoms with Crippen molar-refractivity contribution in [2.24, 2.45) is 11.8 Å². The SMILES string of the molecule is COC(=O)N1C2CCC(C3CNN(C(C)(C)CO)C3)CC2N(C(=O)OC2CCCNC2)C[C@@H]1C. The van der Waals surface area contributed by atoms with Gasteiger partial charge in [0.2, 0.25) is 0 Å². The summed E-state index contributed by atoms with van der Waals surface area (Å²) in [6.07, 6.45) is 3.90. The standard InChI is InChI=1S/C24H43N5O5/c1-16-13-27(22(31)34-19-6-5-9-25-12-19)21-10-17(7-8-20(21)29(16)23(32)33-4)18-11-26-28(14-18)24(2,3)15-30/h16-21,25-26,30H,5-15H2,1-4H3/t16-,17?,18?,19?,20?,21?/m0/s1. The van der Waals surface area contributed by atoms with Gasteiger partial charge in [-0.15, -0.1) is 0 Å². The molecule has 4 fully saturated rings. The number of methoxy groups -OCH3 is 1. The van der Waals surface area contributed by atoms with Crippen LogP contribution in [-0.4, -0.2) is 108 Å². The summed E-state index contributed by atoms with van der Waals surface area (Å²) in [5.41, 5.74) is 3.15. The molecule has 6 atom stereocenters. The smallest absolute Gasteiger partial charge is 0.410 e. The van der Waals surface area contributed by atoms with E-state index in [1.165, 1.54) is 7.11 Å². The zero-order valence-corrected chi connectivity index (χ0v) is 21.2. The Kier molecular flexibility index (Phi) is 7.91. The molecule has 194 valence electrons. The first kappa shape index (κ1) is 25.5. The zero-order valence-electron chi connectivity index (χ0n) is 21.2. The Morgan fingerprint density at radius 3 is 2.53 bits per heavy atom. The van der Waals surface area contributed by atoms with Crippen LogP contribution in [0.3, 0.4) is 0 Å². The van der Waals surface area contributed by atoms with E-state index in [0.717, 1.165) is 51.7 Å². The highest BCUT2D eigenvalue weighted by atomic mass is 16.6. The van der Waals surface area contributed by atoms with E-state index >= 15 is 0 Å². The predicted molar refractivity (Wildman–Crippen MR) is 127 cm³/mol. The highest BCUT2D eigenvalue weighted by Gasteiger charge is 2.50. The first-order valence-electron chi connectivity index (χ1n) is 12.9. The fraction of sp³-hybridized carbons (Fsp3) is 0.917. The Labute approximate surface area is 203 Å². The lowest BCUT2D eigenvalue weighted by atomic mass is 9.73. The molecule has 0 radical (unpaired) electrons. The van der Waals surface area contributed by atoms with Gasteiger partial charge in [-0.1, -0.05) is 0 Å². The third kappa shape index (κ3) is 5.15. The molecule has 0 aromatic rings. The molecule has 4 rings (SSSR count). The largest absolute Gasteiger partial charge is 0.453 e. The number of hydrazine groups is 1. The normalized spacial score (nSPS) is 35.1. The molecule has 10 nitrogen and oxygen atoms in total. The monoisotopic (exact) mass is 481 g/mol. The maximum Gasteiger partial charge on any atom is 0.410 e. The van der Waals surface area contributed by atoms with Crippen molar-refractivity contribution in [3.63, 3.8) is 0 Å². The fourth-order valence-corrected chi connectivity index (χ4v) is 6.30. The predicted octanol–water partition coefficient (Wildman–Crippen LogP) is 1.39. The molecule has 0 bridgehead atoms. The number of ether oxygens (including phenoxy) is 2. The number of carbonyl (C=O) groups is 2. The molecule has 3 N–H and O–H groups in total. The summed E-state index contributed by atoms with van der Waals surface area (Å²) in [6.45, 7) is 9.99. The van der Waals surface area contributed by atoms with Crippen molar-refractivity contribution < 1.29 is 24.2 Å². The lowest BCUT2D eigenvalue weighted by Crippen LogP contribution is -2.67. The Morgan fingerprint density at radius 1 is 1.06 bits per heavy atom. The number of hydrogen-bond acceptors (Lipinski definition) is 8. The molecule has 3 heterocycles. The third-order valence-corrected chi connectivity index (χ3v) is 8.40. The van der Waals surface area contributed by atoms with Gasteiger partial charge in [0.25, 0.3) is 0 Å². The summed E-state index contributed by atoms with van der Waals surface area (Å²) < 4.78 is 11.0. The number of amides is 2. The average molecular weight is 482 g/mol. The van der Waals surface area contributed by atoms with E-state index in [4.69, 9.17) is 9.47 Å². The van der Waals surface area contributed by atoms with Gasteiger partial charge in [-0.25, -0.2) is 14.6 Å². The van der Waals surface area contributed by atoms with Crippen LogP contribution in [0.15, 0.2) is 0 Å². The molecular weight excluding hydrogens is 438 g/mol. The van der Waals surface area contributed by atoms with Crippen molar-refractivity contribution in [1.29, 1.82) is 0 Å². The number of piperazine rings is 1. The second-order valence-corrected chi connectivity index (χ2v) is 11.1. The molecule has 1 saturated carbocycles. The number of carbonyl (C=O) groups excluding carboxylic acids is 2. The van der Waals surface area contributed by atoms with Crippen LogP contribution in [0.2, 0.25) is 0 Å². The van der Waals surface area contributed by atoms with E-state index < -0.39 is 0 Å². The molecule has 3 saturated heterocycles. The van der Waals surface area contributed by atoms with E-state index in [-0.39, 0.29) is 48.6 Å². The van der Waals surface area contributed by atoms with Crippen molar-refractivity contribution in [2.75, 3.05) is 46.4 Å². The molecule has 3 aliphatic heterocycles. The quantitative estimate of drug-likeness (QED) is 0.553. The van der Waals surface area contributed by atoms with Gasteiger partial charge in [-0.3, -0.25) is 10.3 Å². The second-order valence-electron chi connectivity index (χ2n) is 11.1. The van der Waals surface area contributed by atoms with Crippen LogP contribution < -0.4 is 10.7 Å². The average Bonchev–Trinajstić information content (AvgIpc) is 3.35. The summed E-state index contributed by atoms with van der Waals surface area (Å²) in [5.74, 6) is 0.853. The molecule has 1 aliphatic carbocycles. The Balaban J connectivity index is 1.49. The summed E-state index contributed by atoms with van der Waals surface area (Å²) in [6, 6.07) is -0.280. The number of nitrogens with zero attached hydrogens (tertiary/aromatic N) is 3. The summed E-state index contributed by atoms with van der Waals surface area (Å²) in [5, 5.41) is 15.2. The van der Waals surface area contributed by atoms with Gasteiger partial charge in [-0.05, 0) is 71.3 Å². The molecule has 2 amide bonds.